The molecule has 102 valence electrons. The average molecular weight is 286 g/mol. The van der Waals surface area contributed by atoms with Crippen molar-refractivity contribution in [3.05, 3.63) is 46.4 Å². The summed E-state index contributed by atoms with van der Waals surface area (Å²) < 4.78 is 1.65. The van der Waals surface area contributed by atoms with Crippen LogP contribution in [-0.4, -0.2) is 20.2 Å². The first-order valence-electron chi connectivity index (χ1n) is 6.14. The minimum absolute atomic E-state index is 0.729. The Balaban J connectivity index is 1.76. The molecule has 0 aliphatic carbocycles. The molecule has 7 heteroatoms. The van der Waals surface area contributed by atoms with Crippen LogP contribution in [0.5, 0.6) is 0 Å². The molecule has 0 aliphatic heterocycles. The molecular weight excluding hydrogens is 272 g/mol. The van der Waals surface area contributed by atoms with Crippen LogP contribution in [0.3, 0.4) is 0 Å². The van der Waals surface area contributed by atoms with E-state index in [1.165, 1.54) is 0 Å². The Bertz CT molecular complexity index is 703. The number of tetrazole rings is 1. The molecule has 0 fully saturated rings. The number of rotatable bonds is 4. The van der Waals surface area contributed by atoms with Crippen molar-refractivity contribution in [1.29, 1.82) is 0 Å². The van der Waals surface area contributed by atoms with Gasteiger partial charge in [0.25, 0.3) is 0 Å². The summed E-state index contributed by atoms with van der Waals surface area (Å²) in [4.78, 5) is 1.15. The number of thiophene rings is 1. The lowest BCUT2D eigenvalue weighted by Gasteiger charge is -2.09. The van der Waals surface area contributed by atoms with Crippen LogP contribution in [-0.2, 0) is 6.54 Å². The second kappa shape index (κ2) is 5.30. The minimum Gasteiger partial charge on any atom is -0.398 e. The van der Waals surface area contributed by atoms with E-state index >= 15 is 0 Å². The van der Waals surface area contributed by atoms with Crippen molar-refractivity contribution in [2.75, 3.05) is 11.1 Å². The fourth-order valence-electron chi connectivity index (χ4n) is 1.97. The number of anilines is 2. The van der Waals surface area contributed by atoms with E-state index in [4.69, 9.17) is 5.73 Å². The zero-order valence-corrected chi connectivity index (χ0v) is 11.8. The molecule has 0 radical (unpaired) electrons. The lowest BCUT2D eigenvalue weighted by Crippen LogP contribution is -2.02. The van der Waals surface area contributed by atoms with Gasteiger partial charge in [-0.2, -0.15) is 0 Å². The van der Waals surface area contributed by atoms with Crippen molar-refractivity contribution in [3.8, 4) is 5.69 Å². The maximum Gasteiger partial charge on any atom is 0.143 e. The molecule has 0 saturated heterocycles. The van der Waals surface area contributed by atoms with Crippen molar-refractivity contribution in [2.24, 2.45) is 0 Å². The first kappa shape index (κ1) is 12.6. The third-order valence-corrected chi connectivity index (χ3v) is 3.96. The smallest absolute Gasteiger partial charge is 0.143 e. The van der Waals surface area contributed by atoms with Gasteiger partial charge in [-0.25, -0.2) is 4.68 Å². The van der Waals surface area contributed by atoms with Crippen LogP contribution in [0.25, 0.3) is 5.69 Å². The fourth-order valence-corrected chi connectivity index (χ4v) is 2.71. The van der Waals surface area contributed by atoms with E-state index in [-0.39, 0.29) is 0 Å². The predicted octanol–water partition coefficient (Wildman–Crippen LogP) is 2.23. The Morgan fingerprint density at radius 3 is 2.90 bits per heavy atom. The Kier molecular flexibility index (Phi) is 3.34. The summed E-state index contributed by atoms with van der Waals surface area (Å²) in [7, 11) is 0. The zero-order chi connectivity index (χ0) is 13.9. The normalized spacial score (nSPS) is 10.7. The molecule has 2 aromatic heterocycles. The molecule has 3 aromatic rings. The topological polar surface area (TPSA) is 81.6 Å². The highest BCUT2D eigenvalue weighted by atomic mass is 32.1. The van der Waals surface area contributed by atoms with Crippen molar-refractivity contribution < 1.29 is 0 Å². The van der Waals surface area contributed by atoms with Gasteiger partial charge in [-0.05, 0) is 52.6 Å². The summed E-state index contributed by atoms with van der Waals surface area (Å²) in [6, 6.07) is 7.99. The maximum absolute atomic E-state index is 5.87. The number of aryl methyl sites for hydroxylation is 1. The first-order chi connectivity index (χ1) is 9.74. The lowest BCUT2D eigenvalue weighted by molar-refractivity contribution is 0.785. The number of nitrogens with one attached hydrogen (secondary N) is 1. The molecule has 0 amide bonds. The van der Waals surface area contributed by atoms with E-state index in [2.05, 4.69) is 26.9 Å². The Hall–Kier alpha value is -2.41. The summed E-state index contributed by atoms with van der Waals surface area (Å²) in [5, 5.41) is 16.6. The number of nitrogen functional groups attached to an aromatic ring is 1. The third-order valence-electron chi connectivity index (χ3n) is 3.03. The standard InChI is InChI=1S/C13H14N6S/c1-9-6-10(15-7-13-11(14)4-5-20-13)2-3-12(9)19-8-16-17-18-19/h2-6,8,15H,7,14H2,1H3. The van der Waals surface area contributed by atoms with Gasteiger partial charge < -0.3 is 11.1 Å². The van der Waals surface area contributed by atoms with Crippen molar-refractivity contribution in [2.45, 2.75) is 13.5 Å². The van der Waals surface area contributed by atoms with Crippen LogP contribution in [0.4, 0.5) is 11.4 Å². The van der Waals surface area contributed by atoms with Crippen LogP contribution in [0.15, 0.2) is 36.0 Å². The fraction of sp³-hybridized carbons (Fsp3) is 0.154. The van der Waals surface area contributed by atoms with Gasteiger partial charge in [-0.3, -0.25) is 0 Å². The Morgan fingerprint density at radius 2 is 2.25 bits per heavy atom. The second-order valence-electron chi connectivity index (χ2n) is 4.41. The van der Waals surface area contributed by atoms with Crippen LogP contribution in [0.2, 0.25) is 0 Å². The van der Waals surface area contributed by atoms with Gasteiger partial charge in [0.15, 0.2) is 0 Å². The van der Waals surface area contributed by atoms with E-state index in [1.54, 1.807) is 22.3 Å². The van der Waals surface area contributed by atoms with E-state index < -0.39 is 0 Å². The van der Waals surface area contributed by atoms with Gasteiger partial charge in [0.1, 0.15) is 6.33 Å². The number of nitrogens with zero attached hydrogens (tertiary/aromatic N) is 4. The molecule has 6 nitrogen and oxygen atoms in total. The molecular formula is C13H14N6S. The van der Waals surface area contributed by atoms with Gasteiger partial charge in [0, 0.05) is 16.3 Å². The minimum atomic E-state index is 0.729. The lowest BCUT2D eigenvalue weighted by atomic mass is 10.2. The predicted molar refractivity (Wildman–Crippen MR) is 79.9 cm³/mol. The van der Waals surface area contributed by atoms with Crippen LogP contribution >= 0.6 is 11.3 Å². The molecule has 0 unspecified atom stereocenters. The second-order valence-corrected chi connectivity index (χ2v) is 5.41. The summed E-state index contributed by atoms with van der Waals surface area (Å²) in [6.45, 7) is 2.76. The molecule has 3 N–H and O–H groups in total. The molecule has 0 bridgehead atoms. The number of hydrogen-bond acceptors (Lipinski definition) is 6. The number of hydrogen-bond donors (Lipinski definition) is 2. The highest BCUT2D eigenvalue weighted by molar-refractivity contribution is 7.10. The van der Waals surface area contributed by atoms with Gasteiger partial charge >= 0.3 is 0 Å². The summed E-state index contributed by atoms with van der Waals surface area (Å²) in [6.07, 6.45) is 1.59. The van der Waals surface area contributed by atoms with E-state index in [9.17, 15) is 0 Å². The molecule has 20 heavy (non-hydrogen) atoms. The van der Waals surface area contributed by atoms with Gasteiger partial charge in [0.2, 0.25) is 0 Å². The van der Waals surface area contributed by atoms with Crippen LogP contribution < -0.4 is 11.1 Å². The molecule has 2 heterocycles. The highest BCUT2D eigenvalue weighted by Crippen LogP contribution is 2.22. The molecule has 0 aliphatic rings. The third kappa shape index (κ3) is 2.48. The molecule has 1 aromatic carbocycles. The molecule has 0 atom stereocenters. The maximum atomic E-state index is 5.87. The van der Waals surface area contributed by atoms with Gasteiger partial charge in [-0.1, -0.05) is 0 Å². The summed E-state index contributed by atoms with van der Waals surface area (Å²) in [5.41, 5.74) is 9.82. The Labute approximate surface area is 120 Å². The highest BCUT2D eigenvalue weighted by Gasteiger charge is 2.05. The monoisotopic (exact) mass is 286 g/mol. The van der Waals surface area contributed by atoms with E-state index in [1.807, 2.05) is 30.5 Å². The van der Waals surface area contributed by atoms with Gasteiger partial charge in [-0.15, -0.1) is 16.4 Å². The molecule has 0 saturated carbocycles. The van der Waals surface area contributed by atoms with E-state index in [0.29, 0.717) is 0 Å². The number of aromatic nitrogens is 4. The molecule has 3 rings (SSSR count). The SMILES string of the molecule is Cc1cc(NCc2sccc2N)ccc1-n1cnnn1. The zero-order valence-electron chi connectivity index (χ0n) is 10.9. The van der Waals surface area contributed by atoms with Crippen LogP contribution in [0, 0.1) is 6.92 Å². The molecule has 0 spiro atoms. The number of benzene rings is 1. The van der Waals surface area contributed by atoms with Crippen molar-refractivity contribution in [1.82, 2.24) is 20.2 Å². The van der Waals surface area contributed by atoms with Crippen molar-refractivity contribution >= 4 is 22.7 Å². The average Bonchev–Trinajstić information content (AvgIpc) is 3.08. The first-order valence-corrected chi connectivity index (χ1v) is 7.02. The van der Waals surface area contributed by atoms with Crippen molar-refractivity contribution in [3.63, 3.8) is 0 Å². The Morgan fingerprint density at radius 1 is 1.35 bits per heavy atom. The van der Waals surface area contributed by atoms with Gasteiger partial charge in [0.05, 0.1) is 12.2 Å². The summed E-state index contributed by atoms with van der Waals surface area (Å²) >= 11 is 1.66. The number of nitrogens with two attached hydrogens (primary N) is 1. The summed E-state index contributed by atoms with van der Waals surface area (Å²) in [5.74, 6) is 0. The van der Waals surface area contributed by atoms with Crippen LogP contribution in [0.1, 0.15) is 10.4 Å². The van der Waals surface area contributed by atoms with E-state index in [0.717, 1.165) is 34.0 Å². The largest absolute Gasteiger partial charge is 0.398 e. The quantitative estimate of drug-likeness (QED) is 0.768.